The molecule has 4 rings (SSSR count). The molecule has 0 N–H and O–H groups in total. The Hall–Kier alpha value is -2.50. The fourth-order valence-corrected chi connectivity index (χ4v) is 4.19. The van der Waals surface area contributed by atoms with E-state index in [-0.39, 0.29) is 17.1 Å². The van der Waals surface area contributed by atoms with E-state index in [9.17, 15) is 9.18 Å². The van der Waals surface area contributed by atoms with Gasteiger partial charge in [0.2, 0.25) is 5.91 Å². The molecular formula is C21H15ClFNO2S. The maximum atomic E-state index is 13.2. The molecule has 1 aliphatic rings. The van der Waals surface area contributed by atoms with Crippen molar-refractivity contribution in [1.29, 1.82) is 0 Å². The van der Waals surface area contributed by atoms with Crippen LogP contribution in [0.5, 0.6) is 11.5 Å². The van der Waals surface area contributed by atoms with Gasteiger partial charge in [0.15, 0.2) is 0 Å². The third-order valence-electron chi connectivity index (χ3n) is 4.19. The highest BCUT2D eigenvalue weighted by atomic mass is 35.5. The van der Waals surface area contributed by atoms with E-state index in [1.54, 1.807) is 41.3 Å². The van der Waals surface area contributed by atoms with E-state index < -0.39 is 0 Å². The summed E-state index contributed by atoms with van der Waals surface area (Å²) in [7, 11) is 0. The Morgan fingerprint density at radius 3 is 2.15 bits per heavy atom. The third kappa shape index (κ3) is 3.94. The summed E-state index contributed by atoms with van der Waals surface area (Å²) in [5.41, 5.74) is 1.68. The van der Waals surface area contributed by atoms with Gasteiger partial charge in [0.25, 0.3) is 0 Å². The summed E-state index contributed by atoms with van der Waals surface area (Å²) in [6.45, 7) is 0. The van der Waals surface area contributed by atoms with Gasteiger partial charge in [0, 0.05) is 10.7 Å². The van der Waals surface area contributed by atoms with E-state index in [2.05, 4.69) is 0 Å². The van der Waals surface area contributed by atoms with Crippen molar-refractivity contribution in [3.63, 3.8) is 0 Å². The molecule has 0 spiro atoms. The summed E-state index contributed by atoms with van der Waals surface area (Å²) in [6, 6.07) is 20.7. The molecule has 6 heteroatoms. The largest absolute Gasteiger partial charge is 0.457 e. The molecule has 27 heavy (non-hydrogen) atoms. The lowest BCUT2D eigenvalue weighted by molar-refractivity contribution is -0.115. The van der Waals surface area contributed by atoms with Crippen molar-refractivity contribution in [2.75, 3.05) is 10.7 Å². The Labute approximate surface area is 165 Å². The van der Waals surface area contributed by atoms with Crippen LogP contribution in [0.3, 0.4) is 0 Å². The summed E-state index contributed by atoms with van der Waals surface area (Å²) in [4.78, 5) is 14.2. The summed E-state index contributed by atoms with van der Waals surface area (Å²) < 4.78 is 19.0. The summed E-state index contributed by atoms with van der Waals surface area (Å²) in [6.07, 6.45) is 0. The molecule has 0 unspecified atom stereocenters. The van der Waals surface area contributed by atoms with E-state index in [1.165, 1.54) is 23.9 Å². The Morgan fingerprint density at radius 1 is 0.926 bits per heavy atom. The number of hydrogen-bond acceptors (Lipinski definition) is 3. The number of ether oxygens (including phenoxy) is 1. The molecule has 0 aliphatic carbocycles. The standard InChI is InChI=1S/C21H15ClFNO2S/c22-15-3-9-18(10-4-15)26-19-11-7-17(8-12-19)24-20(25)13-27-21(24)14-1-5-16(23)6-2-14/h1-12,21H,13H2/t21-/m1/s1. The normalized spacial score (nSPS) is 16.6. The lowest BCUT2D eigenvalue weighted by Crippen LogP contribution is -2.27. The van der Waals surface area contributed by atoms with Crippen LogP contribution in [0, 0.1) is 5.82 Å². The van der Waals surface area contributed by atoms with Crippen molar-refractivity contribution >= 4 is 35.0 Å². The summed E-state index contributed by atoms with van der Waals surface area (Å²) >= 11 is 7.41. The van der Waals surface area contributed by atoms with Crippen LogP contribution in [0.15, 0.2) is 72.8 Å². The zero-order valence-electron chi connectivity index (χ0n) is 14.1. The lowest BCUT2D eigenvalue weighted by Gasteiger charge is -2.24. The molecule has 136 valence electrons. The van der Waals surface area contributed by atoms with E-state index >= 15 is 0 Å². The van der Waals surface area contributed by atoms with Crippen molar-refractivity contribution < 1.29 is 13.9 Å². The summed E-state index contributed by atoms with van der Waals surface area (Å²) in [5.74, 6) is 1.48. The first-order valence-electron chi connectivity index (χ1n) is 8.33. The molecule has 1 fully saturated rings. The Balaban J connectivity index is 1.55. The second-order valence-corrected chi connectivity index (χ2v) is 7.53. The molecule has 0 bridgehead atoms. The predicted octanol–water partition coefficient (Wildman–Crippen LogP) is 6.05. The van der Waals surface area contributed by atoms with Crippen LogP contribution in [0.1, 0.15) is 10.9 Å². The number of nitrogens with zero attached hydrogens (tertiary/aromatic N) is 1. The minimum Gasteiger partial charge on any atom is -0.457 e. The molecule has 0 aromatic heterocycles. The number of carbonyl (C=O) groups excluding carboxylic acids is 1. The molecule has 1 amide bonds. The van der Waals surface area contributed by atoms with Crippen LogP contribution in [-0.2, 0) is 4.79 Å². The Kier molecular flexibility index (Phi) is 5.05. The zero-order chi connectivity index (χ0) is 18.8. The first-order valence-corrected chi connectivity index (χ1v) is 9.75. The number of anilines is 1. The molecule has 0 radical (unpaired) electrons. The van der Waals surface area contributed by atoms with Crippen LogP contribution in [0.2, 0.25) is 5.02 Å². The van der Waals surface area contributed by atoms with Crippen LogP contribution >= 0.6 is 23.4 Å². The van der Waals surface area contributed by atoms with E-state index in [0.29, 0.717) is 22.3 Å². The highest BCUT2D eigenvalue weighted by molar-refractivity contribution is 8.00. The minimum atomic E-state index is -0.289. The number of thioether (sulfide) groups is 1. The number of halogens is 2. The quantitative estimate of drug-likeness (QED) is 0.534. The average Bonchev–Trinajstić information content (AvgIpc) is 3.06. The number of carbonyl (C=O) groups is 1. The fraction of sp³-hybridized carbons (Fsp3) is 0.0952. The molecule has 3 aromatic carbocycles. The van der Waals surface area contributed by atoms with Crippen molar-refractivity contribution in [1.82, 2.24) is 0 Å². The topological polar surface area (TPSA) is 29.5 Å². The van der Waals surface area contributed by atoms with Crippen LogP contribution in [0.4, 0.5) is 10.1 Å². The molecule has 1 atom stereocenters. The Bertz CT molecular complexity index is 945. The van der Waals surface area contributed by atoms with Crippen LogP contribution in [0.25, 0.3) is 0 Å². The van der Waals surface area contributed by atoms with Gasteiger partial charge in [-0.3, -0.25) is 9.69 Å². The van der Waals surface area contributed by atoms with Crippen molar-refractivity contribution in [2.45, 2.75) is 5.37 Å². The van der Waals surface area contributed by atoms with Crippen molar-refractivity contribution in [3.8, 4) is 11.5 Å². The number of benzene rings is 3. The molecule has 0 saturated carbocycles. The van der Waals surface area contributed by atoms with Gasteiger partial charge in [-0.05, 0) is 66.2 Å². The summed E-state index contributed by atoms with van der Waals surface area (Å²) in [5, 5.41) is 0.482. The second kappa shape index (κ2) is 7.62. The van der Waals surface area contributed by atoms with Gasteiger partial charge in [-0.25, -0.2) is 4.39 Å². The van der Waals surface area contributed by atoms with E-state index in [1.807, 2.05) is 24.3 Å². The van der Waals surface area contributed by atoms with Crippen LogP contribution < -0.4 is 9.64 Å². The maximum Gasteiger partial charge on any atom is 0.238 e. The van der Waals surface area contributed by atoms with Gasteiger partial charge in [-0.15, -0.1) is 11.8 Å². The van der Waals surface area contributed by atoms with Crippen LogP contribution in [-0.4, -0.2) is 11.7 Å². The average molecular weight is 400 g/mol. The van der Waals surface area contributed by atoms with E-state index in [4.69, 9.17) is 16.3 Å². The highest BCUT2D eigenvalue weighted by Crippen LogP contribution is 2.42. The van der Waals surface area contributed by atoms with Gasteiger partial charge in [-0.2, -0.15) is 0 Å². The fourth-order valence-electron chi connectivity index (χ4n) is 2.89. The smallest absolute Gasteiger partial charge is 0.238 e. The van der Waals surface area contributed by atoms with Gasteiger partial charge in [-0.1, -0.05) is 23.7 Å². The molecule has 1 saturated heterocycles. The number of rotatable bonds is 4. The molecule has 3 nitrogen and oxygen atoms in total. The lowest BCUT2D eigenvalue weighted by atomic mass is 10.2. The van der Waals surface area contributed by atoms with E-state index in [0.717, 1.165) is 11.3 Å². The van der Waals surface area contributed by atoms with Crippen molar-refractivity contribution in [3.05, 3.63) is 89.2 Å². The number of amides is 1. The molecule has 3 aromatic rings. The van der Waals surface area contributed by atoms with Gasteiger partial charge in [0.05, 0.1) is 5.75 Å². The SMILES string of the molecule is O=C1CS[C@H](c2ccc(F)cc2)N1c1ccc(Oc2ccc(Cl)cc2)cc1. The Morgan fingerprint density at radius 2 is 1.52 bits per heavy atom. The zero-order valence-corrected chi connectivity index (χ0v) is 15.7. The first kappa shape index (κ1) is 17.9. The first-order chi connectivity index (χ1) is 13.1. The maximum absolute atomic E-state index is 13.2. The van der Waals surface area contributed by atoms with Gasteiger partial charge < -0.3 is 4.74 Å². The van der Waals surface area contributed by atoms with Gasteiger partial charge in [0.1, 0.15) is 22.7 Å². The molecular weight excluding hydrogens is 385 g/mol. The predicted molar refractivity (Wildman–Crippen MR) is 107 cm³/mol. The highest BCUT2D eigenvalue weighted by Gasteiger charge is 2.34. The second-order valence-electron chi connectivity index (χ2n) is 6.03. The molecule has 1 heterocycles. The van der Waals surface area contributed by atoms with Crippen molar-refractivity contribution in [2.24, 2.45) is 0 Å². The minimum absolute atomic E-state index is 0.0284. The third-order valence-corrected chi connectivity index (χ3v) is 5.65. The van der Waals surface area contributed by atoms with Gasteiger partial charge >= 0.3 is 0 Å². The molecule has 1 aliphatic heterocycles. The number of hydrogen-bond donors (Lipinski definition) is 0. The monoisotopic (exact) mass is 399 g/mol.